The van der Waals surface area contributed by atoms with Gasteiger partial charge < -0.3 is 0 Å². The van der Waals surface area contributed by atoms with Gasteiger partial charge in [-0.05, 0) is 29.5 Å². The Morgan fingerprint density at radius 1 is 1.09 bits per heavy atom. The molecule has 3 rings (SSSR count). The summed E-state index contributed by atoms with van der Waals surface area (Å²) in [4.78, 5) is 4.72. The lowest BCUT2D eigenvalue weighted by Crippen LogP contribution is -2.26. The fourth-order valence-electron chi connectivity index (χ4n) is 2.49. The van der Waals surface area contributed by atoms with Crippen LogP contribution in [0.3, 0.4) is 0 Å². The lowest BCUT2D eigenvalue weighted by atomic mass is 10.0. The van der Waals surface area contributed by atoms with E-state index in [1.807, 2.05) is 42.5 Å². The average Bonchev–Trinajstić information content (AvgIpc) is 3.06. The Morgan fingerprint density at radius 2 is 1.83 bits per heavy atom. The van der Waals surface area contributed by atoms with E-state index in [4.69, 9.17) is 15.5 Å². The van der Waals surface area contributed by atoms with Crippen molar-refractivity contribution in [2.24, 2.45) is 4.99 Å². The van der Waals surface area contributed by atoms with E-state index in [1.54, 1.807) is 11.8 Å². The maximum absolute atomic E-state index is 8.96. The Bertz CT molecular complexity index is 801. The van der Waals surface area contributed by atoms with Crippen molar-refractivity contribution in [1.82, 2.24) is 0 Å². The minimum atomic E-state index is -0.203. The first kappa shape index (κ1) is 15.7. The first-order chi connectivity index (χ1) is 11.3. The zero-order chi connectivity index (χ0) is 16.1. The van der Waals surface area contributed by atoms with Crippen LogP contribution in [-0.4, -0.2) is 17.3 Å². The Hall–Kier alpha value is -2.21. The maximum Gasteiger partial charge on any atom is 0.133 e. The molecule has 0 saturated heterocycles. The molecule has 3 nitrogen and oxygen atoms in total. The van der Waals surface area contributed by atoms with Crippen LogP contribution in [0.5, 0.6) is 0 Å². The Kier molecular flexibility index (Phi) is 4.71. The first-order valence-electron chi connectivity index (χ1n) is 7.08. The summed E-state index contributed by atoms with van der Waals surface area (Å²) in [5.74, 6) is 0.696. The van der Waals surface area contributed by atoms with E-state index in [-0.39, 0.29) is 4.75 Å². The average molecular weight is 335 g/mol. The highest BCUT2D eigenvalue weighted by atomic mass is 32.2. The van der Waals surface area contributed by atoms with E-state index in [2.05, 4.69) is 23.6 Å². The normalized spacial score (nSPS) is 19.7. The van der Waals surface area contributed by atoms with Gasteiger partial charge >= 0.3 is 0 Å². The van der Waals surface area contributed by atoms with Crippen molar-refractivity contribution >= 4 is 28.6 Å². The molecule has 2 aromatic rings. The SMILES string of the molecule is N#CSCC1(c2ccccc2)CN=C(c2ccc(C#N)cc2)S1. The highest BCUT2D eigenvalue weighted by Crippen LogP contribution is 2.45. The monoisotopic (exact) mass is 335 g/mol. The van der Waals surface area contributed by atoms with Gasteiger partial charge in [0, 0.05) is 11.3 Å². The van der Waals surface area contributed by atoms with Crippen LogP contribution in [0.1, 0.15) is 16.7 Å². The van der Waals surface area contributed by atoms with Gasteiger partial charge in [0.05, 0.1) is 28.0 Å². The van der Waals surface area contributed by atoms with Gasteiger partial charge in [-0.15, -0.1) is 0 Å². The molecular weight excluding hydrogens is 322 g/mol. The summed E-state index contributed by atoms with van der Waals surface area (Å²) in [7, 11) is 0. The third-order valence-electron chi connectivity index (χ3n) is 3.70. The van der Waals surface area contributed by atoms with Gasteiger partial charge in [0.25, 0.3) is 0 Å². The smallest absolute Gasteiger partial charge is 0.133 e. The fourth-order valence-corrected chi connectivity index (χ4v) is 4.59. The minimum Gasteiger partial charge on any atom is -0.276 e. The molecule has 5 heteroatoms. The second-order valence-corrected chi connectivity index (χ2v) is 7.29. The highest BCUT2D eigenvalue weighted by Gasteiger charge is 2.39. The van der Waals surface area contributed by atoms with Crippen molar-refractivity contribution in [2.45, 2.75) is 4.75 Å². The second-order valence-electron chi connectivity index (χ2n) is 5.15. The van der Waals surface area contributed by atoms with Gasteiger partial charge in [-0.25, -0.2) is 0 Å². The molecular formula is C18H13N3S2. The molecule has 0 amide bonds. The molecule has 0 bridgehead atoms. The maximum atomic E-state index is 8.96. The zero-order valence-electron chi connectivity index (χ0n) is 12.3. The summed E-state index contributed by atoms with van der Waals surface area (Å²) >= 11 is 2.98. The van der Waals surface area contributed by atoms with Gasteiger partial charge in [-0.2, -0.15) is 10.5 Å². The molecule has 23 heavy (non-hydrogen) atoms. The molecule has 0 fully saturated rings. The quantitative estimate of drug-likeness (QED) is 0.787. The Balaban J connectivity index is 1.88. The third-order valence-corrected chi connectivity index (χ3v) is 6.11. The predicted molar refractivity (Wildman–Crippen MR) is 96.3 cm³/mol. The molecule has 0 radical (unpaired) electrons. The van der Waals surface area contributed by atoms with Gasteiger partial charge in [-0.1, -0.05) is 54.2 Å². The summed E-state index contributed by atoms with van der Waals surface area (Å²) in [6, 6.07) is 19.9. The third kappa shape index (κ3) is 3.27. The van der Waals surface area contributed by atoms with Crippen molar-refractivity contribution in [3.63, 3.8) is 0 Å². The molecule has 1 unspecified atom stereocenters. The predicted octanol–water partition coefficient (Wildman–Crippen LogP) is 4.16. The Labute approximate surface area is 144 Å². The van der Waals surface area contributed by atoms with E-state index in [1.165, 1.54) is 17.3 Å². The first-order valence-corrected chi connectivity index (χ1v) is 8.88. The summed E-state index contributed by atoms with van der Waals surface area (Å²) in [6.07, 6.45) is 0. The number of nitriles is 2. The lowest BCUT2D eigenvalue weighted by Gasteiger charge is -2.26. The van der Waals surface area contributed by atoms with Crippen molar-refractivity contribution in [2.75, 3.05) is 12.3 Å². The van der Waals surface area contributed by atoms with Gasteiger partial charge in [0.2, 0.25) is 0 Å². The number of nitrogens with zero attached hydrogens (tertiary/aromatic N) is 3. The standard InChI is InChI=1S/C18H13N3S2/c19-10-14-6-8-15(9-7-14)17-21-11-18(23-17,12-22-13-20)16-4-2-1-3-5-16/h1-9H,11-12H2. The summed E-state index contributed by atoms with van der Waals surface area (Å²) in [5.41, 5.74) is 2.86. The van der Waals surface area contributed by atoms with Crippen LogP contribution in [0.25, 0.3) is 0 Å². The van der Waals surface area contributed by atoms with Crippen LogP contribution in [0, 0.1) is 22.0 Å². The number of benzene rings is 2. The van der Waals surface area contributed by atoms with Crippen molar-refractivity contribution in [3.8, 4) is 11.5 Å². The molecule has 1 heterocycles. The van der Waals surface area contributed by atoms with Crippen molar-refractivity contribution < 1.29 is 0 Å². The van der Waals surface area contributed by atoms with Gasteiger partial charge in [-0.3, -0.25) is 4.99 Å². The Morgan fingerprint density at radius 3 is 2.48 bits per heavy atom. The number of thiocyanates is 1. The van der Waals surface area contributed by atoms with Crippen molar-refractivity contribution in [1.29, 1.82) is 10.5 Å². The molecule has 1 aliphatic rings. The van der Waals surface area contributed by atoms with Gasteiger partial charge in [0.15, 0.2) is 0 Å². The second kappa shape index (κ2) is 6.91. The van der Waals surface area contributed by atoms with E-state index in [0.29, 0.717) is 17.9 Å². The molecule has 1 aliphatic heterocycles. The minimum absolute atomic E-state index is 0.203. The number of aliphatic imine (C=N–C) groups is 1. The summed E-state index contributed by atoms with van der Waals surface area (Å²) in [6.45, 7) is 0.658. The molecule has 0 aliphatic carbocycles. The zero-order valence-corrected chi connectivity index (χ0v) is 13.9. The molecule has 2 aromatic carbocycles. The summed E-state index contributed by atoms with van der Waals surface area (Å²) < 4.78 is -0.203. The highest BCUT2D eigenvalue weighted by molar-refractivity contribution is 8.16. The fraction of sp³-hybridized carbons (Fsp3) is 0.167. The topological polar surface area (TPSA) is 59.9 Å². The van der Waals surface area contributed by atoms with Crippen LogP contribution < -0.4 is 0 Å². The molecule has 112 valence electrons. The molecule has 0 spiro atoms. The molecule has 0 aromatic heterocycles. The van der Waals surface area contributed by atoms with Crippen LogP contribution in [0.2, 0.25) is 0 Å². The van der Waals surface area contributed by atoms with E-state index in [9.17, 15) is 0 Å². The number of hydrogen-bond donors (Lipinski definition) is 0. The van der Waals surface area contributed by atoms with Gasteiger partial charge in [0.1, 0.15) is 5.40 Å². The molecule has 1 atom stereocenters. The number of rotatable bonds is 4. The van der Waals surface area contributed by atoms with Crippen LogP contribution in [0.4, 0.5) is 0 Å². The number of hydrogen-bond acceptors (Lipinski definition) is 5. The number of thioether (sulfide) groups is 2. The molecule has 0 N–H and O–H groups in total. The lowest BCUT2D eigenvalue weighted by molar-refractivity contribution is 0.734. The van der Waals surface area contributed by atoms with E-state index >= 15 is 0 Å². The molecule has 0 saturated carbocycles. The van der Waals surface area contributed by atoms with Crippen molar-refractivity contribution in [3.05, 3.63) is 71.3 Å². The largest absolute Gasteiger partial charge is 0.276 e. The van der Waals surface area contributed by atoms with Crippen LogP contribution in [0.15, 0.2) is 59.6 Å². The van der Waals surface area contributed by atoms with Crippen LogP contribution in [-0.2, 0) is 4.75 Å². The van der Waals surface area contributed by atoms with Crippen LogP contribution >= 0.6 is 23.5 Å². The van der Waals surface area contributed by atoms with E-state index < -0.39 is 0 Å². The summed E-state index contributed by atoms with van der Waals surface area (Å²) in [5, 5.41) is 21.0. The van der Waals surface area contributed by atoms with E-state index in [0.717, 1.165) is 10.6 Å².